The number of benzene rings is 1. The van der Waals surface area contributed by atoms with Gasteiger partial charge in [-0.2, -0.15) is 0 Å². The summed E-state index contributed by atoms with van der Waals surface area (Å²) < 4.78 is 0. The summed E-state index contributed by atoms with van der Waals surface area (Å²) in [6.07, 6.45) is 6.09. The van der Waals surface area contributed by atoms with Gasteiger partial charge < -0.3 is 5.32 Å². The van der Waals surface area contributed by atoms with Crippen LogP contribution in [-0.4, -0.2) is 45.6 Å². The number of nitrogens with one attached hydrogen (secondary N) is 1. The number of amides is 4. The Bertz CT molecular complexity index is 660. The quantitative estimate of drug-likeness (QED) is 0.338. The number of hydroxylamine groups is 2. The minimum atomic E-state index is -1.26. The number of hydrogen-bond acceptors (Lipinski definition) is 4. The maximum Gasteiger partial charge on any atom is 0.325 e. The van der Waals surface area contributed by atoms with Gasteiger partial charge in [0.05, 0.1) is 13.1 Å². The van der Waals surface area contributed by atoms with Gasteiger partial charge in [0.15, 0.2) is 0 Å². The van der Waals surface area contributed by atoms with Gasteiger partial charge in [0.1, 0.15) is 5.54 Å². The number of hydrogen-bond donors (Lipinski definition) is 2. The molecule has 1 aliphatic heterocycles. The molecule has 1 saturated carbocycles. The number of carbonyl (C=O) groups is 3. The van der Waals surface area contributed by atoms with Gasteiger partial charge >= 0.3 is 6.03 Å². The Labute approximate surface area is 152 Å². The van der Waals surface area contributed by atoms with Crippen LogP contribution in [0.1, 0.15) is 44.1 Å². The lowest BCUT2D eigenvalue weighted by Gasteiger charge is -2.33. The van der Waals surface area contributed by atoms with E-state index >= 15 is 0 Å². The number of carbonyl (C=O) groups excluding carboxylic acids is 3. The van der Waals surface area contributed by atoms with Crippen molar-refractivity contribution in [3.05, 3.63) is 35.9 Å². The van der Waals surface area contributed by atoms with E-state index in [1.54, 1.807) is 0 Å². The molecular formula is C19H25N3O4. The second kappa shape index (κ2) is 7.86. The predicted molar refractivity (Wildman–Crippen MR) is 94.0 cm³/mol. The van der Waals surface area contributed by atoms with Crippen LogP contribution in [0.3, 0.4) is 0 Å². The second-order valence-corrected chi connectivity index (χ2v) is 7.30. The standard InChI is InChI=1S/C19H25N3O4/c23-14-21(26)13-19(11-15-7-3-1-4-8-15)17(24)22(18(25)20-19)12-16-9-5-2-6-10-16/h2,5-6,9-10,14-15,26H,1,3-4,7-8,11-13H2,(H,20,25). The molecule has 140 valence electrons. The van der Waals surface area contributed by atoms with Gasteiger partial charge in [-0.15, -0.1) is 0 Å². The fourth-order valence-corrected chi connectivity index (χ4v) is 4.09. The summed E-state index contributed by atoms with van der Waals surface area (Å²) in [6.45, 7) is -0.0622. The van der Waals surface area contributed by atoms with Crippen LogP contribution in [0.25, 0.3) is 0 Å². The lowest BCUT2D eigenvalue weighted by Crippen LogP contribution is -2.55. The molecule has 0 spiro atoms. The highest BCUT2D eigenvalue weighted by Gasteiger charge is 2.52. The number of rotatable bonds is 7. The van der Waals surface area contributed by atoms with Crippen molar-refractivity contribution in [2.45, 2.75) is 50.6 Å². The van der Waals surface area contributed by atoms with Gasteiger partial charge in [-0.1, -0.05) is 62.4 Å². The third-order valence-electron chi connectivity index (χ3n) is 5.34. The van der Waals surface area contributed by atoms with Crippen LogP contribution in [0.2, 0.25) is 0 Å². The first-order valence-corrected chi connectivity index (χ1v) is 9.13. The molecule has 0 bridgehead atoms. The molecule has 1 heterocycles. The first-order valence-electron chi connectivity index (χ1n) is 9.13. The Kier molecular flexibility index (Phi) is 5.56. The highest BCUT2D eigenvalue weighted by Crippen LogP contribution is 2.34. The average molecular weight is 359 g/mol. The van der Waals surface area contributed by atoms with Crippen LogP contribution < -0.4 is 5.32 Å². The molecule has 2 N–H and O–H groups in total. The summed E-state index contributed by atoms with van der Waals surface area (Å²) in [5.74, 6) is -0.0810. The Morgan fingerprint density at radius 3 is 2.54 bits per heavy atom. The van der Waals surface area contributed by atoms with Crippen LogP contribution in [-0.2, 0) is 16.1 Å². The van der Waals surface area contributed by atoms with Crippen molar-refractivity contribution in [1.29, 1.82) is 0 Å². The summed E-state index contributed by atoms with van der Waals surface area (Å²) in [7, 11) is 0. The van der Waals surface area contributed by atoms with Crippen molar-refractivity contribution in [1.82, 2.24) is 15.3 Å². The largest absolute Gasteiger partial charge is 0.325 e. The van der Waals surface area contributed by atoms with Gasteiger partial charge in [-0.3, -0.25) is 19.7 Å². The first kappa shape index (κ1) is 18.4. The van der Waals surface area contributed by atoms with E-state index in [0.29, 0.717) is 17.4 Å². The monoisotopic (exact) mass is 359 g/mol. The topological polar surface area (TPSA) is 90.0 Å². The third-order valence-corrected chi connectivity index (χ3v) is 5.34. The van der Waals surface area contributed by atoms with E-state index in [1.807, 2.05) is 30.3 Å². The molecular weight excluding hydrogens is 334 g/mol. The Morgan fingerprint density at radius 1 is 1.19 bits per heavy atom. The van der Waals surface area contributed by atoms with Crippen molar-refractivity contribution in [3.8, 4) is 0 Å². The predicted octanol–water partition coefficient (Wildman–Crippen LogP) is 2.30. The molecule has 1 atom stereocenters. The SMILES string of the molecule is O=CN(O)CC1(CC2CCCCC2)NC(=O)N(Cc2ccccc2)C1=O. The normalized spacial score (nSPS) is 23.8. The zero-order valence-electron chi connectivity index (χ0n) is 14.8. The summed E-state index contributed by atoms with van der Waals surface area (Å²) in [5.41, 5.74) is -0.413. The molecule has 7 heteroatoms. The van der Waals surface area contributed by atoms with Gasteiger partial charge in [-0.25, -0.2) is 9.86 Å². The third kappa shape index (κ3) is 3.88. The maximum atomic E-state index is 13.2. The van der Waals surface area contributed by atoms with Crippen molar-refractivity contribution in [2.24, 2.45) is 5.92 Å². The van der Waals surface area contributed by atoms with Crippen molar-refractivity contribution < 1.29 is 19.6 Å². The molecule has 1 saturated heterocycles. The molecule has 26 heavy (non-hydrogen) atoms. The zero-order valence-corrected chi connectivity index (χ0v) is 14.8. The molecule has 2 fully saturated rings. The minimum absolute atomic E-state index is 0.171. The summed E-state index contributed by atoms with van der Waals surface area (Å²) in [6, 6.07) is 8.80. The van der Waals surface area contributed by atoms with Crippen LogP contribution in [0.15, 0.2) is 30.3 Å². The van der Waals surface area contributed by atoms with Gasteiger partial charge in [-0.05, 0) is 17.9 Å². The first-order chi connectivity index (χ1) is 12.5. The molecule has 0 aromatic heterocycles. The molecule has 1 unspecified atom stereocenters. The van der Waals surface area contributed by atoms with Gasteiger partial charge in [0.2, 0.25) is 6.41 Å². The summed E-state index contributed by atoms with van der Waals surface area (Å²) in [4.78, 5) is 37.8. The van der Waals surface area contributed by atoms with E-state index in [0.717, 1.165) is 31.2 Å². The molecule has 7 nitrogen and oxygen atoms in total. The van der Waals surface area contributed by atoms with Crippen molar-refractivity contribution >= 4 is 18.3 Å². The van der Waals surface area contributed by atoms with E-state index in [9.17, 15) is 19.6 Å². The molecule has 4 amide bonds. The lowest BCUT2D eigenvalue weighted by molar-refractivity contribution is -0.157. The van der Waals surface area contributed by atoms with Crippen LogP contribution in [0.5, 0.6) is 0 Å². The highest BCUT2D eigenvalue weighted by atomic mass is 16.5. The number of nitrogens with zero attached hydrogens (tertiary/aromatic N) is 2. The highest BCUT2D eigenvalue weighted by molar-refractivity contribution is 6.07. The van der Waals surface area contributed by atoms with E-state index in [-0.39, 0.29) is 25.4 Å². The van der Waals surface area contributed by atoms with Crippen molar-refractivity contribution in [2.75, 3.05) is 6.54 Å². The van der Waals surface area contributed by atoms with Crippen LogP contribution >= 0.6 is 0 Å². The average Bonchev–Trinajstić information content (AvgIpc) is 2.87. The zero-order chi connectivity index (χ0) is 18.6. The summed E-state index contributed by atoms with van der Waals surface area (Å²) >= 11 is 0. The van der Waals surface area contributed by atoms with Crippen molar-refractivity contribution in [3.63, 3.8) is 0 Å². The molecule has 1 aliphatic carbocycles. The summed E-state index contributed by atoms with van der Waals surface area (Å²) in [5, 5.41) is 13.0. The minimum Gasteiger partial charge on any atom is -0.321 e. The molecule has 1 aromatic carbocycles. The van der Waals surface area contributed by atoms with Gasteiger partial charge in [0.25, 0.3) is 5.91 Å². The molecule has 0 radical (unpaired) electrons. The van der Waals surface area contributed by atoms with Gasteiger partial charge in [0, 0.05) is 0 Å². The van der Waals surface area contributed by atoms with Crippen LogP contribution in [0, 0.1) is 5.92 Å². The maximum absolute atomic E-state index is 13.2. The molecule has 2 aliphatic rings. The smallest absolute Gasteiger partial charge is 0.321 e. The van der Waals surface area contributed by atoms with E-state index in [1.165, 1.54) is 11.3 Å². The molecule has 1 aromatic rings. The fourth-order valence-electron chi connectivity index (χ4n) is 4.09. The van der Waals surface area contributed by atoms with E-state index in [4.69, 9.17) is 0 Å². The van der Waals surface area contributed by atoms with E-state index < -0.39 is 11.6 Å². The van der Waals surface area contributed by atoms with E-state index in [2.05, 4.69) is 5.32 Å². The molecule has 3 rings (SSSR count). The Hall–Kier alpha value is -2.41. The van der Waals surface area contributed by atoms with Crippen LogP contribution in [0.4, 0.5) is 4.79 Å². The fraction of sp³-hybridized carbons (Fsp3) is 0.526. The lowest BCUT2D eigenvalue weighted by atomic mass is 9.79. The second-order valence-electron chi connectivity index (χ2n) is 7.30. The Balaban J connectivity index is 1.81. The number of urea groups is 1. The number of imide groups is 1. The Morgan fingerprint density at radius 2 is 1.88 bits per heavy atom.